The smallest absolute Gasteiger partial charge is 0.119 e. The van der Waals surface area contributed by atoms with Crippen molar-refractivity contribution < 1.29 is 4.74 Å². The minimum atomic E-state index is 0. The first-order chi connectivity index (χ1) is 11.0. The summed E-state index contributed by atoms with van der Waals surface area (Å²) in [6.07, 6.45) is 1.13. The van der Waals surface area contributed by atoms with E-state index in [1.807, 2.05) is 17.4 Å². The molecule has 0 N–H and O–H groups in total. The molecule has 0 amide bonds. The normalized spacial score (nSPS) is 12.5. The van der Waals surface area contributed by atoms with E-state index < -0.39 is 0 Å². The summed E-state index contributed by atoms with van der Waals surface area (Å²) in [4.78, 5) is 4.01. The van der Waals surface area contributed by atoms with E-state index in [0.717, 1.165) is 18.7 Å². The summed E-state index contributed by atoms with van der Waals surface area (Å²) in [6.45, 7) is 10.2. The highest BCUT2D eigenvalue weighted by molar-refractivity contribution is 7.10. The van der Waals surface area contributed by atoms with E-state index in [-0.39, 0.29) is 12.4 Å². The SMILES string of the molecule is COc1cccc(C(CCN(C(C)C)C(C)C)c2cccs2)c1.Cl. The lowest BCUT2D eigenvalue weighted by Crippen LogP contribution is -2.38. The van der Waals surface area contributed by atoms with Crippen LogP contribution in [0.5, 0.6) is 5.75 Å². The Morgan fingerprint density at radius 2 is 1.75 bits per heavy atom. The van der Waals surface area contributed by atoms with E-state index in [9.17, 15) is 0 Å². The van der Waals surface area contributed by atoms with Crippen molar-refractivity contribution in [1.29, 1.82) is 0 Å². The molecule has 24 heavy (non-hydrogen) atoms. The zero-order valence-electron chi connectivity index (χ0n) is 15.4. The van der Waals surface area contributed by atoms with Crippen LogP contribution >= 0.6 is 23.7 Å². The van der Waals surface area contributed by atoms with E-state index in [1.54, 1.807) is 7.11 Å². The van der Waals surface area contributed by atoms with Gasteiger partial charge < -0.3 is 4.74 Å². The van der Waals surface area contributed by atoms with Gasteiger partial charge in [-0.15, -0.1) is 23.7 Å². The van der Waals surface area contributed by atoms with Gasteiger partial charge in [-0.1, -0.05) is 18.2 Å². The minimum absolute atomic E-state index is 0. The number of benzene rings is 1. The van der Waals surface area contributed by atoms with Gasteiger partial charge in [-0.05, 0) is 69.8 Å². The van der Waals surface area contributed by atoms with Crippen molar-refractivity contribution in [1.82, 2.24) is 4.90 Å². The molecule has 0 radical (unpaired) electrons. The predicted octanol–water partition coefficient (Wildman–Crippen LogP) is 5.82. The first kappa shape index (κ1) is 21.0. The van der Waals surface area contributed by atoms with Crippen molar-refractivity contribution in [2.75, 3.05) is 13.7 Å². The summed E-state index contributed by atoms with van der Waals surface area (Å²) < 4.78 is 5.42. The molecule has 0 spiro atoms. The second-order valence-corrected chi connectivity index (χ2v) is 7.54. The molecule has 1 aromatic carbocycles. The molecule has 0 aliphatic heterocycles. The predicted molar refractivity (Wildman–Crippen MR) is 108 cm³/mol. The van der Waals surface area contributed by atoms with Crippen LogP contribution in [-0.2, 0) is 0 Å². The largest absolute Gasteiger partial charge is 0.497 e. The van der Waals surface area contributed by atoms with Crippen molar-refractivity contribution in [3.63, 3.8) is 0 Å². The zero-order chi connectivity index (χ0) is 16.8. The molecule has 0 fully saturated rings. The van der Waals surface area contributed by atoms with Gasteiger partial charge in [0.05, 0.1) is 7.11 Å². The van der Waals surface area contributed by atoms with E-state index in [1.165, 1.54) is 10.4 Å². The van der Waals surface area contributed by atoms with E-state index in [4.69, 9.17) is 4.74 Å². The lowest BCUT2D eigenvalue weighted by Gasteiger charge is -2.32. The molecule has 0 aliphatic carbocycles. The number of nitrogens with zero attached hydrogens (tertiary/aromatic N) is 1. The van der Waals surface area contributed by atoms with E-state index in [2.05, 4.69) is 68.3 Å². The molecule has 2 nitrogen and oxygen atoms in total. The summed E-state index contributed by atoms with van der Waals surface area (Å²) in [5, 5.41) is 2.17. The molecule has 0 saturated heterocycles. The number of methoxy groups -OCH3 is 1. The van der Waals surface area contributed by atoms with Crippen LogP contribution in [0.25, 0.3) is 0 Å². The van der Waals surface area contributed by atoms with Crippen LogP contribution in [0.2, 0.25) is 0 Å². The maximum Gasteiger partial charge on any atom is 0.119 e. The molecule has 1 heterocycles. The van der Waals surface area contributed by atoms with Crippen molar-refractivity contribution in [3.8, 4) is 5.75 Å². The standard InChI is InChI=1S/C20H29NOS.ClH/c1-15(2)21(16(3)4)12-11-19(20-10-7-13-23-20)17-8-6-9-18(14-17)22-5;/h6-10,13-16,19H,11-12H2,1-5H3;1H. The van der Waals surface area contributed by atoms with Crippen LogP contribution in [0.15, 0.2) is 41.8 Å². The molecule has 1 unspecified atom stereocenters. The van der Waals surface area contributed by atoms with Crippen molar-refractivity contribution in [2.45, 2.75) is 52.1 Å². The molecule has 4 heteroatoms. The van der Waals surface area contributed by atoms with Gasteiger partial charge in [0, 0.05) is 22.9 Å². The maximum atomic E-state index is 5.42. The number of rotatable bonds is 8. The summed E-state index contributed by atoms with van der Waals surface area (Å²) in [5.41, 5.74) is 1.35. The summed E-state index contributed by atoms with van der Waals surface area (Å²) in [7, 11) is 1.73. The third-order valence-corrected chi connectivity index (χ3v) is 5.37. The Kier molecular flexibility index (Phi) is 8.82. The van der Waals surface area contributed by atoms with Crippen LogP contribution in [-0.4, -0.2) is 30.6 Å². The summed E-state index contributed by atoms with van der Waals surface area (Å²) in [6, 6.07) is 14.1. The number of thiophene rings is 1. The average molecular weight is 368 g/mol. The van der Waals surface area contributed by atoms with Crippen LogP contribution < -0.4 is 4.74 Å². The molecule has 0 aliphatic rings. The molecule has 0 saturated carbocycles. The molecule has 1 atom stereocenters. The Balaban J connectivity index is 0.00000288. The summed E-state index contributed by atoms with van der Waals surface area (Å²) in [5.74, 6) is 1.37. The van der Waals surface area contributed by atoms with Crippen LogP contribution in [0, 0.1) is 0 Å². The van der Waals surface area contributed by atoms with Crippen molar-refractivity contribution in [3.05, 3.63) is 52.2 Å². The minimum Gasteiger partial charge on any atom is -0.497 e. The number of halogens is 1. The lowest BCUT2D eigenvalue weighted by atomic mass is 9.93. The first-order valence-corrected chi connectivity index (χ1v) is 9.34. The second-order valence-electron chi connectivity index (χ2n) is 6.56. The number of hydrogen-bond acceptors (Lipinski definition) is 3. The second kappa shape index (κ2) is 10.1. The van der Waals surface area contributed by atoms with Gasteiger partial charge in [-0.2, -0.15) is 0 Å². The topological polar surface area (TPSA) is 12.5 Å². The molecular weight excluding hydrogens is 338 g/mol. The first-order valence-electron chi connectivity index (χ1n) is 8.46. The van der Waals surface area contributed by atoms with Crippen molar-refractivity contribution >= 4 is 23.7 Å². The average Bonchev–Trinajstić information content (AvgIpc) is 3.04. The summed E-state index contributed by atoms with van der Waals surface area (Å²) >= 11 is 1.85. The highest BCUT2D eigenvalue weighted by Crippen LogP contribution is 2.33. The van der Waals surface area contributed by atoms with Gasteiger partial charge in [0.25, 0.3) is 0 Å². The Bertz CT molecular complexity index is 575. The van der Waals surface area contributed by atoms with Gasteiger partial charge in [0.15, 0.2) is 0 Å². The third kappa shape index (κ3) is 5.51. The fourth-order valence-corrected chi connectivity index (χ4v) is 4.10. The Morgan fingerprint density at radius 1 is 1.04 bits per heavy atom. The number of hydrogen-bond donors (Lipinski definition) is 0. The van der Waals surface area contributed by atoms with Gasteiger partial charge in [-0.3, -0.25) is 4.90 Å². The van der Waals surface area contributed by atoms with Gasteiger partial charge in [0.1, 0.15) is 5.75 Å². The van der Waals surface area contributed by atoms with Crippen LogP contribution in [0.4, 0.5) is 0 Å². The van der Waals surface area contributed by atoms with Gasteiger partial charge >= 0.3 is 0 Å². The van der Waals surface area contributed by atoms with Gasteiger partial charge in [0.2, 0.25) is 0 Å². The highest BCUT2D eigenvalue weighted by Gasteiger charge is 2.20. The van der Waals surface area contributed by atoms with Gasteiger partial charge in [-0.25, -0.2) is 0 Å². The Hall–Kier alpha value is -1.03. The molecule has 1 aromatic heterocycles. The van der Waals surface area contributed by atoms with Crippen LogP contribution in [0.3, 0.4) is 0 Å². The third-order valence-electron chi connectivity index (χ3n) is 4.39. The fraction of sp³-hybridized carbons (Fsp3) is 0.500. The van der Waals surface area contributed by atoms with E-state index in [0.29, 0.717) is 18.0 Å². The van der Waals surface area contributed by atoms with Crippen molar-refractivity contribution in [2.24, 2.45) is 0 Å². The van der Waals surface area contributed by atoms with Crippen LogP contribution in [0.1, 0.15) is 50.5 Å². The number of ether oxygens (including phenoxy) is 1. The Labute approximate surface area is 157 Å². The molecule has 0 bridgehead atoms. The zero-order valence-corrected chi connectivity index (χ0v) is 17.0. The molecule has 2 rings (SSSR count). The Morgan fingerprint density at radius 3 is 2.29 bits per heavy atom. The maximum absolute atomic E-state index is 5.42. The highest BCUT2D eigenvalue weighted by atomic mass is 35.5. The monoisotopic (exact) mass is 367 g/mol. The molecule has 134 valence electrons. The fourth-order valence-electron chi connectivity index (χ4n) is 3.21. The lowest BCUT2D eigenvalue weighted by molar-refractivity contribution is 0.171. The van der Waals surface area contributed by atoms with E-state index >= 15 is 0 Å². The molecular formula is C20H30ClNOS. The molecule has 2 aromatic rings. The quantitative estimate of drug-likeness (QED) is 0.582.